The van der Waals surface area contributed by atoms with Crippen LogP contribution in [0, 0.1) is 0 Å². The molecule has 6 heteroatoms. The van der Waals surface area contributed by atoms with E-state index in [1.54, 1.807) is 17.2 Å². The first kappa shape index (κ1) is 17.3. The first-order valence-corrected chi connectivity index (χ1v) is 9.52. The van der Waals surface area contributed by atoms with Crippen molar-refractivity contribution in [2.24, 2.45) is 0 Å². The van der Waals surface area contributed by atoms with Crippen LogP contribution in [0.2, 0.25) is 0 Å². The van der Waals surface area contributed by atoms with Crippen molar-refractivity contribution >= 4 is 45.6 Å². The molecule has 0 radical (unpaired) electrons. The molecule has 0 bridgehead atoms. The molecule has 0 spiro atoms. The van der Waals surface area contributed by atoms with Crippen LogP contribution in [0.25, 0.3) is 28.0 Å². The lowest BCUT2D eigenvalue weighted by molar-refractivity contribution is -0.114. The summed E-state index contributed by atoms with van der Waals surface area (Å²) in [5, 5.41) is 1.05. The van der Waals surface area contributed by atoms with Crippen molar-refractivity contribution in [3.05, 3.63) is 72.4 Å². The van der Waals surface area contributed by atoms with E-state index in [-0.39, 0.29) is 5.91 Å². The van der Waals surface area contributed by atoms with E-state index in [1.807, 2.05) is 72.6 Å². The van der Waals surface area contributed by atoms with E-state index in [4.69, 9.17) is 9.97 Å². The number of nitrogens with zero attached hydrogens (tertiary/aromatic N) is 5. The lowest BCUT2D eigenvalue weighted by Crippen LogP contribution is -2.43. The molecule has 1 aliphatic heterocycles. The highest BCUT2D eigenvalue weighted by atomic mass is 16.2. The summed E-state index contributed by atoms with van der Waals surface area (Å²) in [4.78, 5) is 30.7. The number of para-hydroxylation sites is 3. The maximum atomic E-state index is 13.0. The molecule has 0 N–H and O–H groups in total. The van der Waals surface area contributed by atoms with Gasteiger partial charge in [0.05, 0.1) is 16.6 Å². The third-order valence-corrected chi connectivity index (χ3v) is 5.15. The molecule has 0 atom stereocenters. The molecular weight excluding hydrogens is 362 g/mol. The molecule has 2 aromatic carbocycles. The highest BCUT2D eigenvalue weighted by Crippen LogP contribution is 2.30. The molecule has 5 rings (SSSR count). The van der Waals surface area contributed by atoms with Crippen molar-refractivity contribution < 1.29 is 4.79 Å². The lowest BCUT2D eigenvalue weighted by Gasteiger charge is -2.33. The van der Waals surface area contributed by atoms with Gasteiger partial charge in [-0.1, -0.05) is 36.4 Å². The zero-order valence-electron chi connectivity index (χ0n) is 16.0. The van der Waals surface area contributed by atoms with Crippen molar-refractivity contribution in [1.29, 1.82) is 0 Å². The molecule has 1 amide bonds. The van der Waals surface area contributed by atoms with E-state index in [0.717, 1.165) is 33.3 Å². The number of rotatable bonds is 2. The molecule has 3 heterocycles. The Balaban J connectivity index is 1.51. The van der Waals surface area contributed by atoms with E-state index in [2.05, 4.69) is 4.98 Å². The van der Waals surface area contributed by atoms with Gasteiger partial charge in [0.15, 0.2) is 11.6 Å². The standard InChI is InChI=1S/C23H19N5O/c1-27-14-15-28(23-22(27)25-18-9-2-3-10-19(18)26-23)20(29)12-11-17-7-4-6-16-8-5-13-24-21(16)17/h2-13H,14-15H2,1H3/b12-11+. The Morgan fingerprint density at radius 3 is 2.52 bits per heavy atom. The number of pyridine rings is 1. The summed E-state index contributed by atoms with van der Waals surface area (Å²) in [6.07, 6.45) is 5.18. The minimum absolute atomic E-state index is 0.114. The van der Waals surface area contributed by atoms with E-state index >= 15 is 0 Å². The quantitative estimate of drug-likeness (QED) is 0.496. The monoisotopic (exact) mass is 381 g/mol. The number of likely N-dealkylation sites (N-methyl/N-ethyl adjacent to an activating group) is 1. The third kappa shape index (κ3) is 3.08. The van der Waals surface area contributed by atoms with E-state index in [0.29, 0.717) is 18.9 Å². The fourth-order valence-electron chi connectivity index (χ4n) is 3.61. The van der Waals surface area contributed by atoms with Crippen molar-refractivity contribution in [3.8, 4) is 0 Å². The summed E-state index contributed by atoms with van der Waals surface area (Å²) in [6.45, 7) is 1.27. The van der Waals surface area contributed by atoms with Crippen LogP contribution in [0.3, 0.4) is 0 Å². The SMILES string of the molecule is CN1CCN(C(=O)/C=C/c2cccc3cccnc23)c2nc3ccccc3nc21. The third-order valence-electron chi connectivity index (χ3n) is 5.15. The molecule has 0 saturated heterocycles. The number of carbonyl (C=O) groups excluding carboxylic acids is 1. The molecule has 0 fully saturated rings. The maximum Gasteiger partial charge on any atom is 0.252 e. The molecule has 29 heavy (non-hydrogen) atoms. The fraction of sp³-hybridized carbons (Fsp3) is 0.130. The van der Waals surface area contributed by atoms with Crippen molar-refractivity contribution in [1.82, 2.24) is 15.0 Å². The second-order valence-electron chi connectivity index (χ2n) is 7.03. The summed E-state index contributed by atoms with van der Waals surface area (Å²) >= 11 is 0. The number of anilines is 2. The largest absolute Gasteiger partial charge is 0.355 e. The first-order valence-electron chi connectivity index (χ1n) is 9.52. The Morgan fingerprint density at radius 1 is 0.931 bits per heavy atom. The zero-order valence-corrected chi connectivity index (χ0v) is 16.0. The molecule has 0 unspecified atom stereocenters. The van der Waals surface area contributed by atoms with Crippen LogP contribution in [0.5, 0.6) is 0 Å². The molecule has 0 saturated carbocycles. The molecular formula is C23H19N5O. The van der Waals surface area contributed by atoms with Crippen LogP contribution in [0.1, 0.15) is 5.56 Å². The van der Waals surface area contributed by atoms with Gasteiger partial charge in [-0.05, 0) is 24.3 Å². The van der Waals surface area contributed by atoms with Crippen LogP contribution in [-0.2, 0) is 4.79 Å². The number of benzene rings is 2. The highest BCUT2D eigenvalue weighted by Gasteiger charge is 2.27. The predicted molar refractivity (Wildman–Crippen MR) is 116 cm³/mol. The predicted octanol–water partition coefficient (Wildman–Crippen LogP) is 3.67. The number of hydrogen-bond acceptors (Lipinski definition) is 5. The van der Waals surface area contributed by atoms with Crippen molar-refractivity contribution in [3.63, 3.8) is 0 Å². The summed E-state index contributed by atoms with van der Waals surface area (Å²) in [5.74, 6) is 1.21. The Kier molecular flexibility index (Phi) is 4.17. The molecule has 0 aliphatic carbocycles. The van der Waals surface area contributed by atoms with Gasteiger partial charge in [0, 0.05) is 43.4 Å². The second kappa shape index (κ2) is 6.98. The number of aromatic nitrogens is 3. The molecule has 4 aromatic rings. The molecule has 142 valence electrons. The topological polar surface area (TPSA) is 62.2 Å². The number of hydrogen-bond donors (Lipinski definition) is 0. The zero-order chi connectivity index (χ0) is 19.8. The number of carbonyl (C=O) groups is 1. The van der Waals surface area contributed by atoms with Gasteiger partial charge in [0.2, 0.25) is 0 Å². The maximum absolute atomic E-state index is 13.0. The Morgan fingerprint density at radius 2 is 1.69 bits per heavy atom. The van der Waals surface area contributed by atoms with Gasteiger partial charge in [-0.3, -0.25) is 14.7 Å². The van der Waals surface area contributed by atoms with E-state index in [1.165, 1.54) is 0 Å². The Labute approximate surface area is 168 Å². The summed E-state index contributed by atoms with van der Waals surface area (Å²) in [5.41, 5.74) is 3.39. The minimum Gasteiger partial charge on any atom is -0.355 e. The normalized spacial score (nSPS) is 14.0. The minimum atomic E-state index is -0.114. The fourth-order valence-corrected chi connectivity index (χ4v) is 3.61. The smallest absolute Gasteiger partial charge is 0.252 e. The van der Waals surface area contributed by atoms with Gasteiger partial charge in [0.1, 0.15) is 0 Å². The van der Waals surface area contributed by atoms with Crippen LogP contribution in [0.4, 0.5) is 11.6 Å². The van der Waals surface area contributed by atoms with E-state index < -0.39 is 0 Å². The molecule has 2 aromatic heterocycles. The van der Waals surface area contributed by atoms with Gasteiger partial charge >= 0.3 is 0 Å². The van der Waals surface area contributed by atoms with Crippen LogP contribution in [-0.4, -0.2) is 41.0 Å². The van der Waals surface area contributed by atoms with Crippen LogP contribution in [0.15, 0.2) is 66.9 Å². The van der Waals surface area contributed by atoms with E-state index in [9.17, 15) is 4.79 Å². The van der Waals surface area contributed by atoms with Crippen LogP contribution < -0.4 is 9.80 Å². The summed E-state index contributed by atoms with van der Waals surface area (Å²) in [6, 6.07) is 17.6. The number of fused-ring (bicyclic) bond motifs is 3. The lowest BCUT2D eigenvalue weighted by atomic mass is 10.1. The highest BCUT2D eigenvalue weighted by molar-refractivity contribution is 6.06. The van der Waals surface area contributed by atoms with Crippen molar-refractivity contribution in [2.45, 2.75) is 0 Å². The number of amides is 1. The van der Waals surface area contributed by atoms with Gasteiger partial charge < -0.3 is 4.90 Å². The summed E-state index contributed by atoms with van der Waals surface area (Å²) in [7, 11) is 1.97. The van der Waals surface area contributed by atoms with Crippen LogP contribution >= 0.6 is 0 Å². The van der Waals surface area contributed by atoms with Gasteiger partial charge in [-0.15, -0.1) is 0 Å². The molecule has 6 nitrogen and oxygen atoms in total. The van der Waals surface area contributed by atoms with Gasteiger partial charge in [-0.2, -0.15) is 0 Å². The Bertz CT molecular complexity index is 1260. The average molecular weight is 381 g/mol. The summed E-state index contributed by atoms with van der Waals surface area (Å²) < 4.78 is 0. The first-order chi connectivity index (χ1) is 14.2. The molecule has 1 aliphatic rings. The average Bonchev–Trinajstić information content (AvgIpc) is 2.76. The Hall–Kier alpha value is -3.80. The van der Waals surface area contributed by atoms with Gasteiger partial charge in [0.25, 0.3) is 5.91 Å². The van der Waals surface area contributed by atoms with Gasteiger partial charge in [-0.25, -0.2) is 9.97 Å². The van der Waals surface area contributed by atoms with Crippen molar-refractivity contribution in [2.75, 3.05) is 29.9 Å². The second-order valence-corrected chi connectivity index (χ2v) is 7.03.